The minimum atomic E-state index is -3.97. The van der Waals surface area contributed by atoms with Crippen molar-refractivity contribution in [1.29, 1.82) is 0 Å². The summed E-state index contributed by atoms with van der Waals surface area (Å²) >= 11 is 0. The number of sulfonamides is 1. The Labute approximate surface area is 136 Å². The van der Waals surface area contributed by atoms with E-state index in [0.717, 1.165) is 25.1 Å². The number of rotatable bonds is 4. The number of amides is 2. The minimum Gasteiger partial charge on any atom is -0.322 e. The third kappa shape index (κ3) is 4.13. The standard InChI is InChI=1S/C15H12F2N2O4S/c1-9(20)19-24(22,23)12-5-3-11(4-6-12)18-15(21)10-2-7-13(16)14(17)8-10/h2-8H,1H3,(H,18,21)(H,19,20). The molecule has 0 radical (unpaired) electrons. The summed E-state index contributed by atoms with van der Waals surface area (Å²) in [6.45, 7) is 1.06. The fourth-order valence-electron chi connectivity index (χ4n) is 1.81. The van der Waals surface area contributed by atoms with Crippen molar-refractivity contribution in [1.82, 2.24) is 4.72 Å². The van der Waals surface area contributed by atoms with Crippen LogP contribution in [0.5, 0.6) is 0 Å². The van der Waals surface area contributed by atoms with Crippen LogP contribution in [0.2, 0.25) is 0 Å². The molecule has 0 atom stereocenters. The predicted molar refractivity (Wildman–Crippen MR) is 81.8 cm³/mol. The first-order valence-corrected chi connectivity index (χ1v) is 8.07. The Hall–Kier alpha value is -2.81. The zero-order valence-corrected chi connectivity index (χ0v) is 13.2. The molecule has 126 valence electrons. The van der Waals surface area contributed by atoms with E-state index in [1.165, 1.54) is 24.3 Å². The van der Waals surface area contributed by atoms with Gasteiger partial charge in [0.25, 0.3) is 15.9 Å². The van der Waals surface area contributed by atoms with E-state index in [0.29, 0.717) is 0 Å². The van der Waals surface area contributed by atoms with E-state index in [4.69, 9.17) is 0 Å². The lowest BCUT2D eigenvalue weighted by molar-refractivity contribution is -0.117. The molecular formula is C15H12F2N2O4S. The lowest BCUT2D eigenvalue weighted by atomic mass is 10.2. The molecule has 0 aromatic heterocycles. The first-order chi connectivity index (χ1) is 11.2. The summed E-state index contributed by atoms with van der Waals surface area (Å²) in [5, 5.41) is 2.41. The predicted octanol–water partition coefficient (Wildman–Crippen LogP) is 2.04. The number of hydrogen-bond acceptors (Lipinski definition) is 4. The van der Waals surface area contributed by atoms with Gasteiger partial charge >= 0.3 is 0 Å². The fraction of sp³-hybridized carbons (Fsp3) is 0.0667. The highest BCUT2D eigenvalue weighted by Gasteiger charge is 2.15. The third-order valence-electron chi connectivity index (χ3n) is 2.88. The summed E-state index contributed by atoms with van der Waals surface area (Å²) in [5.41, 5.74) is 0.148. The van der Waals surface area contributed by atoms with Crippen molar-refractivity contribution >= 4 is 27.5 Å². The van der Waals surface area contributed by atoms with Crippen molar-refractivity contribution in [3.05, 3.63) is 59.7 Å². The molecule has 2 N–H and O–H groups in total. The van der Waals surface area contributed by atoms with Crippen LogP contribution in [0, 0.1) is 11.6 Å². The number of carbonyl (C=O) groups is 2. The van der Waals surface area contributed by atoms with Crippen LogP contribution in [-0.2, 0) is 14.8 Å². The molecule has 0 aliphatic carbocycles. The Kier molecular flexibility index (Phi) is 4.93. The smallest absolute Gasteiger partial charge is 0.264 e. The normalized spacial score (nSPS) is 11.0. The Morgan fingerprint density at radius 3 is 2.12 bits per heavy atom. The molecule has 9 heteroatoms. The molecule has 0 heterocycles. The molecule has 2 amide bonds. The van der Waals surface area contributed by atoms with E-state index < -0.39 is 33.5 Å². The number of hydrogen-bond donors (Lipinski definition) is 2. The highest BCUT2D eigenvalue weighted by Crippen LogP contribution is 2.16. The van der Waals surface area contributed by atoms with Crippen molar-refractivity contribution in [3.63, 3.8) is 0 Å². The maximum absolute atomic E-state index is 13.1. The molecule has 24 heavy (non-hydrogen) atoms. The average molecular weight is 354 g/mol. The second-order valence-electron chi connectivity index (χ2n) is 4.77. The van der Waals surface area contributed by atoms with E-state index in [9.17, 15) is 26.8 Å². The van der Waals surface area contributed by atoms with Gasteiger partial charge in [-0.1, -0.05) is 0 Å². The highest BCUT2D eigenvalue weighted by molar-refractivity contribution is 7.90. The van der Waals surface area contributed by atoms with Gasteiger partial charge in [0.05, 0.1) is 4.90 Å². The van der Waals surface area contributed by atoms with E-state index in [1.807, 2.05) is 0 Å². The number of nitrogens with one attached hydrogen (secondary N) is 2. The van der Waals surface area contributed by atoms with E-state index in [1.54, 1.807) is 4.72 Å². The van der Waals surface area contributed by atoms with Crippen molar-refractivity contribution in [2.45, 2.75) is 11.8 Å². The number of halogens is 2. The maximum atomic E-state index is 13.1. The van der Waals surface area contributed by atoms with Gasteiger partial charge in [0.2, 0.25) is 5.91 Å². The zero-order chi connectivity index (χ0) is 17.9. The van der Waals surface area contributed by atoms with Gasteiger partial charge in [-0.25, -0.2) is 21.9 Å². The summed E-state index contributed by atoms with van der Waals surface area (Å²) in [6.07, 6.45) is 0. The molecule has 0 saturated carbocycles. The zero-order valence-electron chi connectivity index (χ0n) is 12.3. The molecule has 0 fully saturated rings. The molecular weight excluding hydrogens is 342 g/mol. The van der Waals surface area contributed by atoms with Gasteiger partial charge < -0.3 is 5.32 Å². The van der Waals surface area contributed by atoms with Crippen LogP contribution in [0.3, 0.4) is 0 Å². The summed E-state index contributed by atoms with van der Waals surface area (Å²) in [7, 11) is -3.97. The Morgan fingerprint density at radius 2 is 1.58 bits per heavy atom. The van der Waals surface area contributed by atoms with E-state index in [2.05, 4.69) is 5.32 Å². The summed E-state index contributed by atoms with van der Waals surface area (Å²) in [6, 6.07) is 7.66. The number of carbonyl (C=O) groups excluding carboxylic acids is 2. The molecule has 2 aromatic rings. The topological polar surface area (TPSA) is 92.3 Å². The molecule has 2 rings (SSSR count). The van der Waals surface area contributed by atoms with Crippen LogP contribution in [0.15, 0.2) is 47.4 Å². The van der Waals surface area contributed by atoms with Gasteiger partial charge in [-0.3, -0.25) is 9.59 Å². The first-order valence-electron chi connectivity index (χ1n) is 6.59. The van der Waals surface area contributed by atoms with Gasteiger partial charge in [-0.05, 0) is 42.5 Å². The maximum Gasteiger partial charge on any atom is 0.264 e. The van der Waals surface area contributed by atoms with Crippen LogP contribution in [0.25, 0.3) is 0 Å². The highest BCUT2D eigenvalue weighted by atomic mass is 32.2. The monoisotopic (exact) mass is 354 g/mol. The van der Waals surface area contributed by atoms with Gasteiger partial charge in [0.1, 0.15) is 0 Å². The Morgan fingerprint density at radius 1 is 0.958 bits per heavy atom. The molecule has 0 spiro atoms. The van der Waals surface area contributed by atoms with Crippen LogP contribution in [0.4, 0.5) is 14.5 Å². The summed E-state index contributed by atoms with van der Waals surface area (Å²) < 4.78 is 51.3. The lowest BCUT2D eigenvalue weighted by Crippen LogP contribution is -2.28. The lowest BCUT2D eigenvalue weighted by Gasteiger charge is -2.08. The van der Waals surface area contributed by atoms with Crippen LogP contribution >= 0.6 is 0 Å². The third-order valence-corrected chi connectivity index (χ3v) is 4.33. The van der Waals surface area contributed by atoms with Crippen LogP contribution in [-0.4, -0.2) is 20.2 Å². The quantitative estimate of drug-likeness (QED) is 0.879. The van der Waals surface area contributed by atoms with Crippen LogP contribution in [0.1, 0.15) is 17.3 Å². The number of benzene rings is 2. The van der Waals surface area contributed by atoms with Crippen molar-refractivity contribution in [2.75, 3.05) is 5.32 Å². The molecule has 0 saturated heterocycles. The summed E-state index contributed by atoms with van der Waals surface area (Å²) in [4.78, 5) is 22.6. The molecule has 0 unspecified atom stereocenters. The molecule has 0 bridgehead atoms. The SMILES string of the molecule is CC(=O)NS(=O)(=O)c1ccc(NC(=O)c2ccc(F)c(F)c2)cc1. The Bertz CT molecular complexity index is 896. The van der Waals surface area contributed by atoms with Gasteiger partial charge in [-0.2, -0.15) is 0 Å². The van der Waals surface area contributed by atoms with Crippen molar-refractivity contribution in [3.8, 4) is 0 Å². The number of anilines is 1. The fourth-order valence-corrected chi connectivity index (χ4v) is 2.80. The molecule has 6 nitrogen and oxygen atoms in total. The summed E-state index contributed by atoms with van der Waals surface area (Å²) in [5.74, 6) is -3.64. The largest absolute Gasteiger partial charge is 0.322 e. The second-order valence-corrected chi connectivity index (χ2v) is 6.45. The Balaban J connectivity index is 2.15. The van der Waals surface area contributed by atoms with Gasteiger partial charge in [-0.15, -0.1) is 0 Å². The second kappa shape index (κ2) is 6.75. The van der Waals surface area contributed by atoms with E-state index in [-0.39, 0.29) is 16.1 Å². The van der Waals surface area contributed by atoms with Crippen LogP contribution < -0.4 is 10.0 Å². The van der Waals surface area contributed by atoms with Crippen molar-refractivity contribution < 1.29 is 26.8 Å². The molecule has 0 aliphatic rings. The van der Waals surface area contributed by atoms with E-state index >= 15 is 0 Å². The average Bonchev–Trinajstić information content (AvgIpc) is 2.49. The minimum absolute atomic E-state index is 0.0937. The van der Waals surface area contributed by atoms with Crippen molar-refractivity contribution in [2.24, 2.45) is 0 Å². The molecule has 2 aromatic carbocycles. The van der Waals surface area contributed by atoms with Gasteiger partial charge in [0, 0.05) is 18.2 Å². The van der Waals surface area contributed by atoms with Gasteiger partial charge in [0.15, 0.2) is 11.6 Å². The molecule has 0 aliphatic heterocycles. The first kappa shape index (κ1) is 17.5.